The van der Waals surface area contributed by atoms with Crippen LogP contribution < -0.4 is 34.7 Å². The van der Waals surface area contributed by atoms with Crippen molar-refractivity contribution in [2.75, 3.05) is 0 Å². The van der Waals surface area contributed by atoms with Gasteiger partial charge < -0.3 is 24.7 Å². The molecule has 1 saturated heterocycles. The molecule has 8 nitrogen and oxygen atoms in total. The number of aromatic nitrogens is 1. The van der Waals surface area contributed by atoms with Crippen molar-refractivity contribution >= 4 is 16.0 Å². The summed E-state index contributed by atoms with van der Waals surface area (Å²) < 4.78 is 46.6. The van der Waals surface area contributed by atoms with Gasteiger partial charge in [0.1, 0.15) is 10.7 Å². The molecule has 1 aromatic heterocycles. The van der Waals surface area contributed by atoms with E-state index in [1.54, 1.807) is 16.4 Å². The second-order valence-corrected chi connectivity index (χ2v) is 12.7. The first-order valence-corrected chi connectivity index (χ1v) is 15.6. The first kappa shape index (κ1) is 34.4. The Bertz CT molecular complexity index is 1450. The molecule has 0 radical (unpaired) electrons. The smallest absolute Gasteiger partial charge is 0.550 e. The molecule has 42 heavy (non-hydrogen) atoms. The molecule has 0 aliphatic carbocycles. The Morgan fingerprint density at radius 2 is 1.60 bits per heavy atom. The fourth-order valence-electron chi connectivity index (χ4n) is 6.04. The van der Waals surface area contributed by atoms with Gasteiger partial charge in [0.05, 0.1) is 17.9 Å². The number of hydrogen-bond donors (Lipinski definition) is 2. The van der Waals surface area contributed by atoms with Gasteiger partial charge in [-0.3, -0.25) is 0 Å². The zero-order valence-electron chi connectivity index (χ0n) is 24.7. The van der Waals surface area contributed by atoms with Crippen LogP contribution >= 0.6 is 0 Å². The number of hydrogen-bond acceptors (Lipinski definition) is 6. The Morgan fingerprint density at radius 3 is 2.14 bits per heavy atom. The fraction of sp³-hybridized carbons (Fsp3) is 0.452. The van der Waals surface area contributed by atoms with Gasteiger partial charge in [-0.05, 0) is 81.3 Å². The first-order chi connectivity index (χ1) is 19.4. The van der Waals surface area contributed by atoms with Crippen LogP contribution in [0.15, 0.2) is 59.5 Å². The van der Waals surface area contributed by atoms with Gasteiger partial charge in [0.15, 0.2) is 0 Å². The van der Waals surface area contributed by atoms with Gasteiger partial charge in [-0.1, -0.05) is 37.3 Å². The van der Waals surface area contributed by atoms with Crippen molar-refractivity contribution in [2.24, 2.45) is 0 Å². The maximum atomic E-state index is 14.6. The van der Waals surface area contributed by atoms with Gasteiger partial charge in [0.25, 0.3) is 0 Å². The molecule has 2 N–H and O–H groups in total. The van der Waals surface area contributed by atoms with Crippen LogP contribution in [-0.2, 0) is 27.8 Å². The minimum atomic E-state index is -3.98. The molecule has 0 amide bonds. The SMILES string of the molecule is CCc1c(S(=O)(=O)N2C(C)CCC2C)c(-c2ccccc2)c(-c2ccc(F)cc2)n1CC[C@@H](O)C[C@@H](O)CC(=O)[O-].[Na+]. The van der Waals surface area contributed by atoms with Crippen molar-refractivity contribution < 1.29 is 62.5 Å². The zero-order valence-corrected chi connectivity index (χ0v) is 27.5. The van der Waals surface area contributed by atoms with Crippen molar-refractivity contribution in [2.45, 2.75) is 95.0 Å². The van der Waals surface area contributed by atoms with Crippen LogP contribution in [-0.4, -0.2) is 57.8 Å². The Hall–Kier alpha value is -2.05. The molecule has 11 heteroatoms. The van der Waals surface area contributed by atoms with E-state index in [-0.39, 0.29) is 65.9 Å². The quantitative estimate of drug-likeness (QED) is 0.293. The predicted octanol–water partition coefficient (Wildman–Crippen LogP) is 0.731. The third-order valence-electron chi connectivity index (χ3n) is 7.88. The Labute approximate surface area is 269 Å². The number of carboxylic acid groups (broad SMARTS) is 1. The molecule has 0 saturated carbocycles. The molecule has 2 aromatic carbocycles. The summed E-state index contributed by atoms with van der Waals surface area (Å²) >= 11 is 0. The van der Waals surface area contributed by atoms with Crippen LogP contribution in [0, 0.1) is 5.82 Å². The number of aliphatic hydroxyl groups excluding tert-OH is 2. The third-order valence-corrected chi connectivity index (χ3v) is 10.1. The van der Waals surface area contributed by atoms with Crippen LogP contribution in [0.5, 0.6) is 0 Å². The molecular weight excluding hydrogens is 570 g/mol. The van der Waals surface area contributed by atoms with Crippen LogP contribution in [0.4, 0.5) is 4.39 Å². The number of aliphatic hydroxyl groups is 2. The molecule has 0 spiro atoms. The van der Waals surface area contributed by atoms with E-state index in [1.807, 2.05) is 55.7 Å². The van der Waals surface area contributed by atoms with Crippen molar-refractivity contribution in [3.05, 3.63) is 66.1 Å². The van der Waals surface area contributed by atoms with E-state index in [1.165, 1.54) is 12.1 Å². The summed E-state index contributed by atoms with van der Waals surface area (Å²) in [7, 11) is -3.98. The fourth-order valence-corrected chi connectivity index (χ4v) is 8.43. The van der Waals surface area contributed by atoms with Crippen LogP contribution in [0.2, 0.25) is 0 Å². The molecule has 0 bridgehead atoms. The number of benzene rings is 2. The Morgan fingerprint density at radius 1 is 1.00 bits per heavy atom. The van der Waals surface area contributed by atoms with Crippen molar-refractivity contribution in [1.29, 1.82) is 0 Å². The number of aliphatic carboxylic acids is 1. The average molecular weight is 609 g/mol. The zero-order chi connectivity index (χ0) is 29.9. The van der Waals surface area contributed by atoms with Crippen molar-refractivity contribution in [3.8, 4) is 22.4 Å². The van der Waals surface area contributed by atoms with Gasteiger partial charge >= 0.3 is 29.6 Å². The van der Waals surface area contributed by atoms with Gasteiger partial charge in [0.2, 0.25) is 10.0 Å². The van der Waals surface area contributed by atoms with E-state index in [2.05, 4.69) is 0 Å². The average Bonchev–Trinajstić information content (AvgIpc) is 3.44. The Balaban J connectivity index is 0.00000484. The van der Waals surface area contributed by atoms with Gasteiger partial charge in [-0.15, -0.1) is 0 Å². The number of carbonyl (C=O) groups excluding carboxylic acids is 1. The monoisotopic (exact) mass is 608 g/mol. The number of halogens is 1. The summed E-state index contributed by atoms with van der Waals surface area (Å²) in [6.07, 6.45) is -1.05. The van der Waals surface area contributed by atoms with Crippen molar-refractivity contribution in [3.63, 3.8) is 0 Å². The molecule has 2 unspecified atom stereocenters. The summed E-state index contributed by atoms with van der Waals surface area (Å²) in [5.74, 6) is -1.83. The molecular formula is C31H38FN2NaO6S. The number of sulfonamides is 1. The van der Waals surface area contributed by atoms with E-state index in [9.17, 15) is 32.9 Å². The summed E-state index contributed by atoms with van der Waals surface area (Å²) in [6.45, 7) is 5.91. The van der Waals surface area contributed by atoms with Crippen molar-refractivity contribution in [1.82, 2.24) is 8.87 Å². The number of rotatable bonds is 12. The van der Waals surface area contributed by atoms with Gasteiger partial charge in [0, 0.05) is 42.3 Å². The van der Waals surface area contributed by atoms with Crippen LogP contribution in [0.3, 0.4) is 0 Å². The second kappa shape index (κ2) is 14.6. The van der Waals surface area contributed by atoms with E-state index >= 15 is 0 Å². The van der Waals surface area contributed by atoms with E-state index in [4.69, 9.17) is 0 Å². The molecule has 4 rings (SSSR count). The second-order valence-electron chi connectivity index (χ2n) is 10.9. The minimum absolute atomic E-state index is 0. The maximum absolute atomic E-state index is 14.6. The van der Waals surface area contributed by atoms with Crippen LogP contribution in [0.25, 0.3) is 22.4 Å². The summed E-state index contributed by atoms with van der Waals surface area (Å²) in [4.78, 5) is 11.1. The molecule has 4 atom stereocenters. The maximum Gasteiger partial charge on any atom is 1.00 e. The molecule has 3 aromatic rings. The van der Waals surface area contributed by atoms with E-state index in [0.717, 1.165) is 12.8 Å². The summed E-state index contributed by atoms with van der Waals surface area (Å²) in [6, 6.07) is 14.8. The molecule has 1 aliphatic heterocycles. The Kier molecular flexibility index (Phi) is 12.0. The topological polar surface area (TPSA) is 123 Å². The van der Waals surface area contributed by atoms with E-state index < -0.39 is 40.4 Å². The number of carbonyl (C=O) groups is 1. The normalized spacial score (nSPS) is 18.9. The largest absolute Gasteiger partial charge is 1.00 e. The summed E-state index contributed by atoms with van der Waals surface area (Å²) in [5, 5.41) is 31.6. The first-order valence-electron chi connectivity index (χ1n) is 14.1. The third kappa shape index (κ3) is 7.35. The number of carboxylic acids is 1. The summed E-state index contributed by atoms with van der Waals surface area (Å²) in [5.41, 5.74) is 3.00. The van der Waals surface area contributed by atoms with E-state index in [0.29, 0.717) is 34.5 Å². The van der Waals surface area contributed by atoms with Crippen LogP contribution in [0.1, 0.15) is 58.6 Å². The molecule has 1 fully saturated rings. The number of nitrogens with zero attached hydrogens (tertiary/aromatic N) is 2. The van der Waals surface area contributed by atoms with Gasteiger partial charge in [-0.2, -0.15) is 4.31 Å². The molecule has 222 valence electrons. The standard InChI is InChI=1S/C31H39FN2O6S.Na/c1-4-27-31(41(39,40)34-20(2)10-11-21(34)3)29(22-8-6-5-7-9-22)30(23-12-14-24(32)15-13-23)33(27)17-16-25(35)18-26(36)19-28(37)38;/h5-9,12-15,20-21,25-26,35-36H,4,10-11,16-19H2,1-3H3,(H,37,38);/q;+1/p-1/t20?,21?,25-,26-;/m1./s1. The van der Waals surface area contributed by atoms with Gasteiger partial charge in [-0.25, -0.2) is 12.8 Å². The molecule has 2 heterocycles. The minimum Gasteiger partial charge on any atom is -0.550 e. The molecule has 1 aliphatic rings. The predicted molar refractivity (Wildman–Crippen MR) is 153 cm³/mol.